The molecule has 0 bridgehead atoms. The molecule has 2 aliphatic rings. The number of aliphatic carboxylic acids is 1. The maximum absolute atomic E-state index is 12.6. The average molecular weight is 636 g/mol. The molecule has 0 radical (unpaired) electrons. The smallest absolute Gasteiger partial charge is 0.328 e. The lowest BCUT2D eigenvalue weighted by Gasteiger charge is -2.43. The molecule has 0 saturated heterocycles. The van der Waals surface area contributed by atoms with Gasteiger partial charge in [-0.1, -0.05) is 64.7 Å². The van der Waals surface area contributed by atoms with Crippen LogP contribution in [-0.2, 0) is 15.0 Å². The Kier molecular flexibility index (Phi) is 8.83. The molecule has 2 heterocycles. The Balaban J connectivity index is 1.58. The van der Waals surface area contributed by atoms with Gasteiger partial charge in [0.1, 0.15) is 17.5 Å². The fourth-order valence-corrected chi connectivity index (χ4v) is 7.40. The molecule has 214 valence electrons. The number of halogens is 1. The second-order valence-corrected chi connectivity index (χ2v) is 14.4. The van der Waals surface area contributed by atoms with Crippen molar-refractivity contribution in [2.45, 2.75) is 70.4 Å². The van der Waals surface area contributed by atoms with Crippen molar-refractivity contribution in [1.82, 2.24) is 4.90 Å². The number of hydrogen-bond acceptors (Lipinski definition) is 6. The number of rotatable bonds is 9. The molecule has 6 nitrogen and oxygen atoms in total. The van der Waals surface area contributed by atoms with Crippen molar-refractivity contribution < 1.29 is 19.4 Å². The maximum atomic E-state index is 12.6. The predicted molar refractivity (Wildman–Crippen MR) is 167 cm³/mol. The molecule has 8 heteroatoms. The average Bonchev–Trinajstić information content (AvgIpc) is 3.61. The highest BCUT2D eigenvalue weighted by atomic mass is 79.9. The second kappa shape index (κ2) is 12.4. The minimum atomic E-state index is -1.01. The predicted octanol–water partition coefficient (Wildman–Crippen LogP) is 8.82. The topological polar surface area (TPSA) is 79.2 Å². The molecule has 2 atom stereocenters. The fraction of sp³-hybridized carbons (Fsp3) is 0.394. The Hall–Kier alpha value is -3.19. The van der Waals surface area contributed by atoms with Gasteiger partial charge >= 0.3 is 5.97 Å². The summed E-state index contributed by atoms with van der Waals surface area (Å²) in [5.41, 5.74) is 4.19. The first-order chi connectivity index (χ1) is 19.6. The highest BCUT2D eigenvalue weighted by molar-refractivity contribution is 9.11. The van der Waals surface area contributed by atoms with Crippen LogP contribution in [0.5, 0.6) is 11.5 Å². The van der Waals surface area contributed by atoms with Crippen LogP contribution in [0.3, 0.4) is 0 Å². The first-order valence-corrected chi connectivity index (χ1v) is 15.7. The van der Waals surface area contributed by atoms with Gasteiger partial charge < -0.3 is 14.7 Å². The number of carbonyl (C=O) groups is 1. The summed E-state index contributed by atoms with van der Waals surface area (Å²) in [4.78, 5) is 30.3. The van der Waals surface area contributed by atoms with E-state index >= 15 is 0 Å². The molecule has 2 aromatic carbocycles. The van der Waals surface area contributed by atoms with Gasteiger partial charge in [0.05, 0.1) is 26.9 Å². The zero-order chi connectivity index (χ0) is 29.1. The number of nitrogens with zero attached hydrogens (tertiary/aromatic N) is 2. The zero-order valence-corrected chi connectivity index (χ0v) is 26.0. The van der Waals surface area contributed by atoms with Gasteiger partial charge in [0.25, 0.3) is 0 Å². The SMILES string of the molecule is CC(C)(C)c1ccc(Oc2ccc3c(c2)C=C(c2ccc(Br)s2)N(C(CN=C=O)C(=O)O)C3CC2CCCC2)cc1. The quantitative estimate of drug-likeness (QED) is 0.188. The summed E-state index contributed by atoms with van der Waals surface area (Å²) in [5.74, 6) is 0.987. The van der Waals surface area contributed by atoms with Crippen molar-refractivity contribution in [3.8, 4) is 11.5 Å². The molecule has 1 aliphatic heterocycles. The van der Waals surface area contributed by atoms with E-state index in [1.165, 1.54) is 18.4 Å². The fourth-order valence-electron chi connectivity index (χ4n) is 5.99. The van der Waals surface area contributed by atoms with Gasteiger partial charge in [0.2, 0.25) is 6.08 Å². The molecule has 1 fully saturated rings. The molecule has 1 aromatic heterocycles. The minimum absolute atomic E-state index is 0.0629. The van der Waals surface area contributed by atoms with E-state index in [2.05, 4.69) is 66.0 Å². The summed E-state index contributed by atoms with van der Waals surface area (Å²) in [6.07, 6.45) is 9.10. The number of benzene rings is 2. The van der Waals surface area contributed by atoms with Gasteiger partial charge in [-0.25, -0.2) is 14.6 Å². The lowest BCUT2D eigenvalue weighted by atomic mass is 9.85. The molecule has 5 rings (SSSR count). The molecular formula is C33H35BrN2O4S. The van der Waals surface area contributed by atoms with Crippen LogP contribution < -0.4 is 4.74 Å². The molecule has 0 amide bonds. The summed E-state index contributed by atoms with van der Waals surface area (Å²) in [5, 5.41) is 10.3. The number of ether oxygens (including phenoxy) is 1. The Morgan fingerprint density at radius 3 is 2.44 bits per heavy atom. The number of carboxylic acids is 1. The van der Waals surface area contributed by atoms with Crippen LogP contribution in [0.2, 0.25) is 0 Å². The summed E-state index contributed by atoms with van der Waals surface area (Å²) in [7, 11) is 0. The van der Waals surface area contributed by atoms with E-state index in [9.17, 15) is 14.7 Å². The Morgan fingerprint density at radius 1 is 1.12 bits per heavy atom. The largest absolute Gasteiger partial charge is 0.480 e. The van der Waals surface area contributed by atoms with Crippen molar-refractivity contribution in [2.24, 2.45) is 10.9 Å². The molecule has 0 spiro atoms. The number of thiophene rings is 1. The van der Waals surface area contributed by atoms with Crippen molar-refractivity contribution >= 4 is 51.1 Å². The standard InChI is InChI=1S/C33H35BrN2O4S/c1-33(2,3)23-8-10-24(11-9-23)40-25-12-13-26-22(17-25)18-28(30-14-15-31(34)41-30)36(29(32(38)39)19-35-20-37)27(26)16-21-6-4-5-7-21/h8-15,17-18,21,27,29H,4-7,16,19H2,1-3H3,(H,38,39). The number of hydrogen-bond donors (Lipinski definition) is 1. The maximum Gasteiger partial charge on any atom is 0.328 e. The molecule has 2 unspecified atom stereocenters. The summed E-state index contributed by atoms with van der Waals surface area (Å²) >= 11 is 5.13. The molecule has 41 heavy (non-hydrogen) atoms. The molecule has 1 N–H and O–H groups in total. The normalized spacial score (nSPS) is 17.9. The van der Waals surface area contributed by atoms with Crippen LogP contribution in [0.25, 0.3) is 11.8 Å². The molecule has 1 saturated carbocycles. The van der Waals surface area contributed by atoms with E-state index in [0.29, 0.717) is 5.92 Å². The lowest BCUT2D eigenvalue weighted by Crippen LogP contribution is -2.46. The summed E-state index contributed by atoms with van der Waals surface area (Å²) in [6, 6.07) is 17.1. The molecule has 3 aromatic rings. The van der Waals surface area contributed by atoms with E-state index in [-0.39, 0.29) is 18.0 Å². The van der Waals surface area contributed by atoms with Crippen LogP contribution in [0.15, 0.2) is 63.4 Å². The number of carboxylic acid groups (broad SMARTS) is 1. The summed E-state index contributed by atoms with van der Waals surface area (Å²) in [6.45, 7) is 6.40. The van der Waals surface area contributed by atoms with Crippen LogP contribution in [0, 0.1) is 5.92 Å². The van der Waals surface area contributed by atoms with Gasteiger partial charge in [0.15, 0.2) is 0 Å². The third kappa shape index (κ3) is 6.66. The third-order valence-corrected chi connectivity index (χ3v) is 9.73. The minimum Gasteiger partial charge on any atom is -0.480 e. The second-order valence-electron chi connectivity index (χ2n) is 11.9. The number of fused-ring (bicyclic) bond motifs is 1. The first-order valence-electron chi connectivity index (χ1n) is 14.1. The Labute approximate surface area is 253 Å². The summed E-state index contributed by atoms with van der Waals surface area (Å²) < 4.78 is 7.25. The molecular weight excluding hydrogens is 600 g/mol. The number of aliphatic imine (C=N–C) groups is 1. The van der Waals surface area contributed by atoms with Gasteiger partial charge in [-0.05, 0) is 92.8 Å². The zero-order valence-electron chi connectivity index (χ0n) is 23.6. The van der Waals surface area contributed by atoms with Crippen LogP contribution in [0.1, 0.15) is 80.5 Å². The molecule has 1 aliphatic carbocycles. The van der Waals surface area contributed by atoms with Crippen molar-refractivity contribution in [2.75, 3.05) is 6.54 Å². The van der Waals surface area contributed by atoms with Crippen LogP contribution in [-0.4, -0.2) is 34.6 Å². The monoisotopic (exact) mass is 634 g/mol. The van der Waals surface area contributed by atoms with E-state index in [1.54, 1.807) is 17.4 Å². The van der Waals surface area contributed by atoms with Gasteiger partial charge in [-0.2, -0.15) is 0 Å². The van der Waals surface area contributed by atoms with Gasteiger partial charge in [-0.15, -0.1) is 11.3 Å². The third-order valence-electron chi connectivity index (χ3n) is 8.09. The van der Waals surface area contributed by atoms with E-state index in [4.69, 9.17) is 4.74 Å². The highest BCUT2D eigenvalue weighted by Gasteiger charge is 2.39. The van der Waals surface area contributed by atoms with E-state index < -0.39 is 12.0 Å². The van der Waals surface area contributed by atoms with Crippen molar-refractivity contribution in [1.29, 1.82) is 0 Å². The van der Waals surface area contributed by atoms with Gasteiger partial charge in [0, 0.05) is 0 Å². The van der Waals surface area contributed by atoms with E-state index in [1.807, 2.05) is 41.3 Å². The number of isocyanates is 1. The van der Waals surface area contributed by atoms with Crippen LogP contribution in [0.4, 0.5) is 0 Å². The Bertz CT molecular complexity index is 1480. The first kappa shape index (κ1) is 29.3. The van der Waals surface area contributed by atoms with E-state index in [0.717, 1.165) is 56.2 Å². The Morgan fingerprint density at radius 2 is 1.83 bits per heavy atom. The van der Waals surface area contributed by atoms with Gasteiger partial charge in [-0.3, -0.25) is 0 Å². The highest BCUT2D eigenvalue weighted by Crippen LogP contribution is 2.47. The van der Waals surface area contributed by atoms with Crippen molar-refractivity contribution in [3.05, 3.63) is 80.0 Å². The number of carbonyl (C=O) groups excluding carboxylic acids is 1. The van der Waals surface area contributed by atoms with Crippen molar-refractivity contribution in [3.63, 3.8) is 0 Å². The lowest BCUT2D eigenvalue weighted by molar-refractivity contribution is -0.142. The van der Waals surface area contributed by atoms with Crippen LogP contribution >= 0.6 is 27.3 Å².